The van der Waals surface area contributed by atoms with Crippen LogP contribution < -0.4 is 5.32 Å². The second-order valence-corrected chi connectivity index (χ2v) is 6.91. The molecule has 1 saturated heterocycles. The molecule has 2 N–H and O–H groups in total. The monoisotopic (exact) mass is 296 g/mol. The first-order chi connectivity index (χ1) is 9.97. The quantitative estimate of drug-likeness (QED) is 0.819. The summed E-state index contributed by atoms with van der Waals surface area (Å²) in [4.78, 5) is 25.2. The molecule has 2 atom stereocenters. The lowest BCUT2D eigenvalue weighted by atomic mass is 9.89. The van der Waals surface area contributed by atoms with Crippen molar-refractivity contribution in [2.75, 3.05) is 13.1 Å². The SMILES string of the molecule is CC(C)C1CCCN(C(=O)NC(CC(=O)O)C2CC2)CC1. The van der Waals surface area contributed by atoms with Gasteiger partial charge in [-0.15, -0.1) is 0 Å². The zero-order chi connectivity index (χ0) is 15.4. The molecule has 2 fully saturated rings. The summed E-state index contributed by atoms with van der Waals surface area (Å²) in [5, 5.41) is 11.9. The van der Waals surface area contributed by atoms with E-state index in [9.17, 15) is 9.59 Å². The van der Waals surface area contributed by atoms with Crippen molar-refractivity contribution >= 4 is 12.0 Å². The largest absolute Gasteiger partial charge is 0.481 e. The first-order valence-corrected chi connectivity index (χ1v) is 8.24. The highest BCUT2D eigenvalue weighted by Crippen LogP contribution is 2.34. The molecule has 2 unspecified atom stereocenters. The van der Waals surface area contributed by atoms with Crippen molar-refractivity contribution in [1.29, 1.82) is 0 Å². The minimum atomic E-state index is -0.831. The molecule has 1 saturated carbocycles. The van der Waals surface area contributed by atoms with Gasteiger partial charge >= 0.3 is 12.0 Å². The van der Waals surface area contributed by atoms with Crippen molar-refractivity contribution in [2.45, 2.75) is 58.4 Å². The third kappa shape index (κ3) is 4.90. The second-order valence-electron chi connectivity index (χ2n) is 6.91. The number of rotatable bonds is 5. The van der Waals surface area contributed by atoms with Crippen LogP contribution in [0.15, 0.2) is 0 Å². The standard InChI is InChI=1S/C16H28N2O3/c1-11(2)12-4-3-8-18(9-7-12)16(21)17-14(10-15(19)20)13-5-6-13/h11-14H,3-10H2,1-2H3,(H,17,21)(H,19,20). The maximum Gasteiger partial charge on any atom is 0.317 e. The molecular formula is C16H28N2O3. The lowest BCUT2D eigenvalue weighted by Gasteiger charge is -2.25. The fourth-order valence-corrected chi connectivity index (χ4v) is 3.26. The molecular weight excluding hydrogens is 268 g/mol. The number of carbonyl (C=O) groups excluding carboxylic acids is 1. The van der Waals surface area contributed by atoms with Gasteiger partial charge in [-0.25, -0.2) is 4.79 Å². The van der Waals surface area contributed by atoms with Crippen LogP contribution in [0.3, 0.4) is 0 Å². The number of carbonyl (C=O) groups is 2. The van der Waals surface area contributed by atoms with Crippen molar-refractivity contribution in [1.82, 2.24) is 10.2 Å². The first kappa shape index (κ1) is 16.1. The first-order valence-electron chi connectivity index (χ1n) is 8.24. The molecule has 0 aromatic heterocycles. The van der Waals surface area contributed by atoms with E-state index >= 15 is 0 Å². The number of carboxylic acid groups (broad SMARTS) is 1. The maximum atomic E-state index is 12.4. The number of amides is 2. The summed E-state index contributed by atoms with van der Waals surface area (Å²) < 4.78 is 0. The third-order valence-corrected chi connectivity index (χ3v) is 4.90. The zero-order valence-corrected chi connectivity index (χ0v) is 13.2. The Kier molecular flexibility index (Phi) is 5.48. The van der Waals surface area contributed by atoms with Crippen LogP contribution in [0.25, 0.3) is 0 Å². The van der Waals surface area contributed by atoms with Crippen LogP contribution in [0.2, 0.25) is 0 Å². The molecule has 1 aliphatic heterocycles. The highest BCUT2D eigenvalue weighted by atomic mass is 16.4. The highest BCUT2D eigenvalue weighted by Gasteiger charge is 2.34. The molecule has 21 heavy (non-hydrogen) atoms. The Hall–Kier alpha value is -1.26. The van der Waals surface area contributed by atoms with Crippen LogP contribution in [0.4, 0.5) is 4.79 Å². The summed E-state index contributed by atoms with van der Waals surface area (Å²) in [6.07, 6.45) is 5.39. The normalized spacial score (nSPS) is 24.5. The average Bonchev–Trinajstić information content (AvgIpc) is 3.23. The number of likely N-dealkylation sites (tertiary alicyclic amines) is 1. The Morgan fingerprint density at radius 1 is 1.14 bits per heavy atom. The Labute approximate surface area is 127 Å². The van der Waals surface area contributed by atoms with Gasteiger partial charge in [0, 0.05) is 19.1 Å². The molecule has 0 bridgehead atoms. The Morgan fingerprint density at radius 2 is 1.86 bits per heavy atom. The van der Waals surface area contributed by atoms with Crippen molar-refractivity contribution < 1.29 is 14.7 Å². The van der Waals surface area contributed by atoms with Gasteiger partial charge in [0.05, 0.1) is 6.42 Å². The van der Waals surface area contributed by atoms with Gasteiger partial charge in [0.25, 0.3) is 0 Å². The fourth-order valence-electron chi connectivity index (χ4n) is 3.26. The Morgan fingerprint density at radius 3 is 2.43 bits per heavy atom. The lowest BCUT2D eigenvalue weighted by molar-refractivity contribution is -0.137. The average molecular weight is 296 g/mol. The molecule has 120 valence electrons. The van der Waals surface area contributed by atoms with Crippen molar-refractivity contribution in [2.24, 2.45) is 17.8 Å². The van der Waals surface area contributed by atoms with E-state index in [1.165, 1.54) is 6.42 Å². The molecule has 0 aromatic rings. The van der Waals surface area contributed by atoms with Crippen molar-refractivity contribution in [3.05, 3.63) is 0 Å². The van der Waals surface area contributed by atoms with Gasteiger partial charge in [-0.3, -0.25) is 4.79 Å². The van der Waals surface area contributed by atoms with E-state index in [0.717, 1.165) is 38.8 Å². The minimum absolute atomic E-state index is 0.0405. The van der Waals surface area contributed by atoms with Crippen molar-refractivity contribution in [3.8, 4) is 0 Å². The van der Waals surface area contributed by atoms with E-state index in [1.807, 2.05) is 4.90 Å². The number of carboxylic acids is 1. The highest BCUT2D eigenvalue weighted by molar-refractivity contribution is 5.76. The van der Waals surface area contributed by atoms with Gasteiger partial charge in [0.2, 0.25) is 0 Å². The second kappa shape index (κ2) is 7.14. The number of urea groups is 1. The lowest BCUT2D eigenvalue weighted by Crippen LogP contribution is -2.46. The molecule has 5 heteroatoms. The molecule has 0 aromatic carbocycles. The molecule has 0 radical (unpaired) electrons. The van der Waals surface area contributed by atoms with Gasteiger partial charge in [-0.1, -0.05) is 13.8 Å². The molecule has 1 aliphatic carbocycles. The number of nitrogens with zero attached hydrogens (tertiary/aromatic N) is 1. The summed E-state index contributed by atoms with van der Waals surface area (Å²) in [5.74, 6) is 0.892. The molecule has 2 rings (SSSR count). The van der Waals surface area contributed by atoms with Gasteiger partial charge in [-0.2, -0.15) is 0 Å². The zero-order valence-electron chi connectivity index (χ0n) is 13.2. The number of nitrogens with one attached hydrogen (secondary N) is 1. The van der Waals surface area contributed by atoms with E-state index in [0.29, 0.717) is 17.8 Å². The maximum absolute atomic E-state index is 12.4. The summed E-state index contributed by atoms with van der Waals surface area (Å²) in [6.45, 7) is 6.07. The van der Waals surface area contributed by atoms with Crippen LogP contribution in [0.5, 0.6) is 0 Å². The molecule has 5 nitrogen and oxygen atoms in total. The molecule has 2 aliphatic rings. The van der Waals surface area contributed by atoms with E-state index in [4.69, 9.17) is 5.11 Å². The predicted octanol–water partition coefficient (Wildman–Crippen LogP) is 2.71. The fraction of sp³-hybridized carbons (Fsp3) is 0.875. The van der Waals surface area contributed by atoms with E-state index < -0.39 is 5.97 Å². The van der Waals surface area contributed by atoms with Crippen LogP contribution in [-0.4, -0.2) is 41.1 Å². The Bertz CT molecular complexity index is 380. The third-order valence-electron chi connectivity index (χ3n) is 4.90. The van der Waals surface area contributed by atoms with Crippen LogP contribution in [0.1, 0.15) is 52.4 Å². The number of hydrogen-bond acceptors (Lipinski definition) is 2. The minimum Gasteiger partial charge on any atom is -0.481 e. The summed E-state index contributed by atoms with van der Waals surface area (Å²) >= 11 is 0. The van der Waals surface area contributed by atoms with E-state index in [2.05, 4.69) is 19.2 Å². The van der Waals surface area contributed by atoms with E-state index in [-0.39, 0.29) is 18.5 Å². The van der Waals surface area contributed by atoms with Crippen LogP contribution >= 0.6 is 0 Å². The van der Waals surface area contributed by atoms with Crippen LogP contribution in [0, 0.1) is 17.8 Å². The van der Waals surface area contributed by atoms with Crippen molar-refractivity contribution in [3.63, 3.8) is 0 Å². The van der Waals surface area contributed by atoms with E-state index in [1.54, 1.807) is 0 Å². The van der Waals surface area contributed by atoms with Gasteiger partial charge in [-0.05, 0) is 49.9 Å². The number of hydrogen-bond donors (Lipinski definition) is 2. The molecule has 2 amide bonds. The van der Waals surface area contributed by atoms with Gasteiger partial charge < -0.3 is 15.3 Å². The van der Waals surface area contributed by atoms with Gasteiger partial charge in [0.1, 0.15) is 0 Å². The Balaban J connectivity index is 1.85. The topological polar surface area (TPSA) is 69.6 Å². The molecule has 1 heterocycles. The number of aliphatic carboxylic acids is 1. The summed E-state index contributed by atoms with van der Waals surface area (Å²) in [7, 11) is 0. The summed E-state index contributed by atoms with van der Waals surface area (Å²) in [6, 6.07) is -0.267. The predicted molar refractivity (Wildman–Crippen MR) is 81.0 cm³/mol. The summed E-state index contributed by atoms with van der Waals surface area (Å²) in [5.41, 5.74) is 0. The van der Waals surface area contributed by atoms with Gasteiger partial charge in [0.15, 0.2) is 0 Å². The molecule has 0 spiro atoms. The smallest absolute Gasteiger partial charge is 0.317 e. The van der Waals surface area contributed by atoms with Crippen LogP contribution in [-0.2, 0) is 4.79 Å².